The van der Waals surface area contributed by atoms with E-state index in [4.69, 9.17) is 9.47 Å². The van der Waals surface area contributed by atoms with Crippen LogP contribution in [-0.4, -0.2) is 25.1 Å². The molecule has 0 saturated heterocycles. The Morgan fingerprint density at radius 1 is 1.04 bits per heavy atom. The van der Waals surface area contributed by atoms with Crippen LogP contribution < -0.4 is 5.32 Å². The number of hydrogen-bond acceptors (Lipinski definition) is 4. The zero-order valence-corrected chi connectivity index (χ0v) is 14.0. The second-order valence-corrected chi connectivity index (χ2v) is 5.53. The molecular weight excluding hydrogens is 306 g/mol. The van der Waals surface area contributed by atoms with Gasteiger partial charge in [0.15, 0.2) is 6.10 Å². The van der Waals surface area contributed by atoms with E-state index in [0.29, 0.717) is 17.9 Å². The fraction of sp³-hybridized carbons (Fsp3) is 0.263. The van der Waals surface area contributed by atoms with E-state index in [2.05, 4.69) is 5.32 Å². The van der Waals surface area contributed by atoms with E-state index in [-0.39, 0.29) is 5.91 Å². The predicted molar refractivity (Wildman–Crippen MR) is 91.8 cm³/mol. The third-order valence-electron chi connectivity index (χ3n) is 3.47. The quantitative estimate of drug-likeness (QED) is 0.827. The molecule has 2 aromatic carbocycles. The molecule has 1 N–H and O–H groups in total. The van der Waals surface area contributed by atoms with Crippen LogP contribution in [0.1, 0.15) is 28.4 Å². The highest BCUT2D eigenvalue weighted by atomic mass is 16.5. The van der Waals surface area contributed by atoms with Crippen LogP contribution in [0.25, 0.3) is 0 Å². The highest BCUT2D eigenvalue weighted by Crippen LogP contribution is 2.11. The number of ether oxygens (including phenoxy) is 2. The van der Waals surface area contributed by atoms with Gasteiger partial charge in [-0.05, 0) is 43.7 Å². The third kappa shape index (κ3) is 4.93. The lowest BCUT2D eigenvalue weighted by Gasteiger charge is -2.14. The number of methoxy groups -OCH3 is 1. The Kier molecular flexibility index (Phi) is 6.09. The van der Waals surface area contributed by atoms with Crippen molar-refractivity contribution in [2.24, 2.45) is 0 Å². The molecule has 2 rings (SSSR count). The third-order valence-corrected chi connectivity index (χ3v) is 3.47. The van der Waals surface area contributed by atoms with Crippen molar-refractivity contribution in [2.45, 2.75) is 26.6 Å². The summed E-state index contributed by atoms with van der Waals surface area (Å²) in [6.45, 7) is 3.99. The van der Waals surface area contributed by atoms with E-state index in [1.54, 1.807) is 50.4 Å². The summed E-state index contributed by atoms with van der Waals surface area (Å²) >= 11 is 0. The van der Waals surface area contributed by atoms with Crippen LogP contribution in [0, 0.1) is 6.92 Å². The number of aryl methyl sites for hydroxylation is 1. The molecular formula is C19H21NO4. The van der Waals surface area contributed by atoms with E-state index in [1.807, 2.05) is 19.1 Å². The van der Waals surface area contributed by atoms with Gasteiger partial charge in [-0.3, -0.25) is 4.79 Å². The lowest BCUT2D eigenvalue weighted by atomic mass is 10.1. The van der Waals surface area contributed by atoms with Crippen LogP contribution in [0.4, 0.5) is 5.69 Å². The van der Waals surface area contributed by atoms with Crippen LogP contribution in [-0.2, 0) is 20.9 Å². The summed E-state index contributed by atoms with van der Waals surface area (Å²) in [7, 11) is 1.61. The van der Waals surface area contributed by atoms with Gasteiger partial charge < -0.3 is 14.8 Å². The van der Waals surface area contributed by atoms with Crippen LogP contribution in [0.2, 0.25) is 0 Å². The van der Waals surface area contributed by atoms with Gasteiger partial charge in [-0.15, -0.1) is 0 Å². The molecule has 0 unspecified atom stereocenters. The number of esters is 1. The van der Waals surface area contributed by atoms with E-state index in [9.17, 15) is 9.59 Å². The van der Waals surface area contributed by atoms with Crippen LogP contribution in [0.5, 0.6) is 0 Å². The first-order valence-electron chi connectivity index (χ1n) is 7.66. The molecule has 0 saturated carbocycles. The topological polar surface area (TPSA) is 64.6 Å². The smallest absolute Gasteiger partial charge is 0.338 e. The molecule has 0 spiro atoms. The van der Waals surface area contributed by atoms with Gasteiger partial charge in [-0.2, -0.15) is 0 Å². The van der Waals surface area contributed by atoms with Crippen molar-refractivity contribution in [3.63, 3.8) is 0 Å². The van der Waals surface area contributed by atoms with Crippen LogP contribution in [0.3, 0.4) is 0 Å². The van der Waals surface area contributed by atoms with Crippen molar-refractivity contribution in [3.05, 3.63) is 65.2 Å². The first-order chi connectivity index (χ1) is 11.5. The number of nitrogens with one attached hydrogen (secondary N) is 1. The summed E-state index contributed by atoms with van der Waals surface area (Å²) in [5.41, 5.74) is 3.12. The molecule has 126 valence electrons. The zero-order valence-electron chi connectivity index (χ0n) is 14.0. The monoisotopic (exact) mass is 327 g/mol. The number of anilines is 1. The van der Waals surface area contributed by atoms with Gasteiger partial charge in [0, 0.05) is 12.8 Å². The number of hydrogen-bond donors (Lipinski definition) is 1. The molecule has 2 aromatic rings. The van der Waals surface area contributed by atoms with Gasteiger partial charge in [0.1, 0.15) is 0 Å². The first-order valence-corrected chi connectivity index (χ1v) is 7.66. The normalized spacial score (nSPS) is 11.6. The fourth-order valence-electron chi connectivity index (χ4n) is 2.07. The molecule has 0 aromatic heterocycles. The van der Waals surface area contributed by atoms with Gasteiger partial charge in [-0.25, -0.2) is 4.79 Å². The lowest BCUT2D eigenvalue weighted by Crippen LogP contribution is -2.30. The summed E-state index contributed by atoms with van der Waals surface area (Å²) in [6, 6.07) is 14.3. The van der Waals surface area contributed by atoms with E-state index in [1.165, 1.54) is 0 Å². The molecule has 5 nitrogen and oxygen atoms in total. The zero-order chi connectivity index (χ0) is 17.5. The maximum Gasteiger partial charge on any atom is 0.338 e. The number of carbonyl (C=O) groups excluding carboxylic acids is 2. The molecule has 0 aliphatic rings. The Hall–Kier alpha value is -2.66. The Balaban J connectivity index is 1.92. The second-order valence-electron chi connectivity index (χ2n) is 5.53. The Labute approximate surface area is 141 Å². The Morgan fingerprint density at radius 2 is 1.67 bits per heavy atom. The van der Waals surface area contributed by atoms with Crippen molar-refractivity contribution in [2.75, 3.05) is 12.4 Å². The standard InChI is InChI=1S/C19H21NO4/c1-13-4-10-17(11-5-13)20-18(21)14(2)24-19(22)16-8-6-15(7-9-16)12-23-3/h4-11,14H,12H2,1-3H3,(H,20,21)/t14-/m1/s1. The van der Waals surface area contributed by atoms with Gasteiger partial charge in [0.05, 0.1) is 12.2 Å². The van der Waals surface area contributed by atoms with Gasteiger partial charge in [0.25, 0.3) is 5.91 Å². The lowest BCUT2D eigenvalue weighted by molar-refractivity contribution is -0.123. The van der Waals surface area contributed by atoms with E-state index in [0.717, 1.165) is 11.1 Å². The molecule has 1 amide bonds. The average molecular weight is 327 g/mol. The van der Waals surface area contributed by atoms with Crippen molar-refractivity contribution >= 4 is 17.6 Å². The largest absolute Gasteiger partial charge is 0.449 e. The highest BCUT2D eigenvalue weighted by Gasteiger charge is 2.19. The summed E-state index contributed by atoms with van der Waals surface area (Å²) in [5, 5.41) is 2.72. The van der Waals surface area contributed by atoms with Gasteiger partial charge >= 0.3 is 5.97 Å². The second kappa shape index (κ2) is 8.26. The molecule has 0 aliphatic carbocycles. The highest BCUT2D eigenvalue weighted by molar-refractivity contribution is 5.97. The summed E-state index contributed by atoms with van der Waals surface area (Å²) in [5.74, 6) is -0.909. The van der Waals surface area contributed by atoms with Crippen molar-refractivity contribution in [1.82, 2.24) is 0 Å². The minimum absolute atomic E-state index is 0.372. The number of carbonyl (C=O) groups is 2. The van der Waals surface area contributed by atoms with E-state index < -0.39 is 12.1 Å². The van der Waals surface area contributed by atoms with Gasteiger partial charge in [0.2, 0.25) is 0 Å². The summed E-state index contributed by atoms with van der Waals surface area (Å²) in [4.78, 5) is 24.2. The SMILES string of the molecule is COCc1ccc(C(=O)O[C@H](C)C(=O)Nc2ccc(C)cc2)cc1. The molecule has 0 heterocycles. The number of amides is 1. The Morgan fingerprint density at radius 3 is 2.25 bits per heavy atom. The molecule has 5 heteroatoms. The fourth-order valence-corrected chi connectivity index (χ4v) is 2.07. The molecule has 0 aliphatic heterocycles. The number of benzene rings is 2. The molecule has 0 fully saturated rings. The van der Waals surface area contributed by atoms with Crippen molar-refractivity contribution in [3.8, 4) is 0 Å². The molecule has 0 radical (unpaired) electrons. The first kappa shape index (κ1) is 17.7. The van der Waals surface area contributed by atoms with Crippen molar-refractivity contribution in [1.29, 1.82) is 0 Å². The molecule has 1 atom stereocenters. The predicted octanol–water partition coefficient (Wildman–Crippen LogP) is 3.33. The van der Waals surface area contributed by atoms with Gasteiger partial charge in [-0.1, -0.05) is 29.8 Å². The van der Waals surface area contributed by atoms with Crippen molar-refractivity contribution < 1.29 is 19.1 Å². The van der Waals surface area contributed by atoms with Crippen LogP contribution in [0.15, 0.2) is 48.5 Å². The molecule has 24 heavy (non-hydrogen) atoms. The maximum absolute atomic E-state index is 12.1. The van der Waals surface area contributed by atoms with E-state index >= 15 is 0 Å². The minimum atomic E-state index is -0.891. The minimum Gasteiger partial charge on any atom is -0.449 e. The Bertz CT molecular complexity index is 692. The summed E-state index contributed by atoms with van der Waals surface area (Å²) < 4.78 is 10.2. The number of rotatable bonds is 6. The average Bonchev–Trinajstić information content (AvgIpc) is 2.57. The summed E-state index contributed by atoms with van der Waals surface area (Å²) in [6.07, 6.45) is -0.891. The molecule has 0 bridgehead atoms. The maximum atomic E-state index is 12.1. The van der Waals surface area contributed by atoms with Crippen LogP contribution >= 0.6 is 0 Å².